The van der Waals surface area contributed by atoms with Crippen molar-refractivity contribution in [2.45, 2.75) is 62.1 Å². The number of benzene rings is 3. The van der Waals surface area contributed by atoms with Gasteiger partial charge in [0.2, 0.25) is 0 Å². The molecule has 0 unspecified atom stereocenters. The number of halogens is 5. The molecule has 1 aliphatic carbocycles. The molecule has 258 valence electrons. The Morgan fingerprint density at radius 3 is 2.68 bits per heavy atom. The SMILES string of the molecule is C#Cc1c(F)ccc2cc(O)cc(-c3c(F)c(F)c4c(N5C[C@@H]6CC[C@](C7CC7)(C5)N6)nc(OC[C@@]56CCCN5C/C(=C\F)C6)nc4c3F)c12. The van der Waals surface area contributed by atoms with Gasteiger partial charge >= 0.3 is 6.01 Å². The predicted octanol–water partition coefficient (Wildman–Crippen LogP) is 6.88. The first-order chi connectivity index (χ1) is 24.1. The number of hydrogen-bond donors (Lipinski definition) is 2. The molecular weight excluding hydrogens is 653 g/mol. The molecule has 0 radical (unpaired) electrons. The van der Waals surface area contributed by atoms with E-state index >= 15 is 13.2 Å². The normalized spacial score (nSPS) is 27.1. The zero-order chi connectivity index (χ0) is 34.5. The van der Waals surface area contributed by atoms with Crippen molar-refractivity contribution < 1.29 is 31.8 Å². The van der Waals surface area contributed by atoms with Gasteiger partial charge in [-0.3, -0.25) is 4.90 Å². The third-order valence-electron chi connectivity index (χ3n) is 11.7. The Kier molecular flexibility index (Phi) is 7.10. The van der Waals surface area contributed by atoms with Gasteiger partial charge in [-0.25, -0.2) is 22.0 Å². The third-order valence-corrected chi connectivity index (χ3v) is 11.7. The highest BCUT2D eigenvalue weighted by atomic mass is 19.2. The minimum Gasteiger partial charge on any atom is -0.508 e. The van der Waals surface area contributed by atoms with Gasteiger partial charge in [-0.2, -0.15) is 9.97 Å². The number of hydrogen-bond acceptors (Lipinski definition) is 7. The van der Waals surface area contributed by atoms with E-state index in [1.54, 1.807) is 0 Å². The molecule has 3 aromatic carbocycles. The van der Waals surface area contributed by atoms with Gasteiger partial charge < -0.3 is 20.1 Å². The average molecular weight is 688 g/mol. The van der Waals surface area contributed by atoms with Crippen LogP contribution >= 0.6 is 0 Å². The van der Waals surface area contributed by atoms with Crippen LogP contribution in [-0.4, -0.2) is 69.9 Å². The molecular formula is C38H34F5N5O2. The van der Waals surface area contributed by atoms with E-state index in [0.717, 1.165) is 57.2 Å². The molecule has 5 heterocycles. The van der Waals surface area contributed by atoms with Crippen LogP contribution in [0.2, 0.25) is 0 Å². The minimum atomic E-state index is -1.54. The molecule has 9 rings (SSSR count). The van der Waals surface area contributed by atoms with E-state index in [1.807, 2.05) is 4.90 Å². The molecule has 4 aromatic rings. The molecule has 1 saturated carbocycles. The number of fused-ring (bicyclic) bond motifs is 5. The number of anilines is 1. The van der Waals surface area contributed by atoms with E-state index in [4.69, 9.17) is 11.2 Å². The lowest BCUT2D eigenvalue weighted by molar-refractivity contribution is 0.108. The van der Waals surface area contributed by atoms with Gasteiger partial charge in [0.05, 0.1) is 28.4 Å². The number of phenolic OH excluding ortho intramolecular Hbond substituents is 1. The number of nitrogens with one attached hydrogen (secondary N) is 1. The minimum absolute atomic E-state index is 0.0259. The van der Waals surface area contributed by atoms with Crippen molar-refractivity contribution in [3.8, 4) is 35.2 Å². The summed E-state index contributed by atoms with van der Waals surface area (Å²) in [7, 11) is 0. The molecule has 4 saturated heterocycles. The molecule has 50 heavy (non-hydrogen) atoms. The molecule has 3 atom stereocenters. The van der Waals surface area contributed by atoms with Crippen LogP contribution in [0.1, 0.15) is 50.5 Å². The maximum atomic E-state index is 17.1. The van der Waals surface area contributed by atoms with Crippen LogP contribution in [0.15, 0.2) is 36.2 Å². The number of piperazine rings is 1. The molecule has 12 heteroatoms. The highest BCUT2D eigenvalue weighted by Crippen LogP contribution is 2.50. The van der Waals surface area contributed by atoms with E-state index in [0.29, 0.717) is 43.9 Å². The summed E-state index contributed by atoms with van der Waals surface area (Å²) in [5.41, 5.74) is -2.03. The summed E-state index contributed by atoms with van der Waals surface area (Å²) in [5.74, 6) is -2.64. The Morgan fingerprint density at radius 1 is 1.06 bits per heavy atom. The lowest BCUT2D eigenvalue weighted by Gasteiger charge is -2.42. The second-order valence-electron chi connectivity index (χ2n) is 14.7. The first kappa shape index (κ1) is 31.5. The Labute approximate surface area is 285 Å². The molecule has 0 amide bonds. The Balaban J connectivity index is 1.24. The molecule has 5 fully saturated rings. The Hall–Kier alpha value is -4.47. The largest absolute Gasteiger partial charge is 0.508 e. The van der Waals surface area contributed by atoms with Crippen LogP contribution in [-0.2, 0) is 0 Å². The third kappa shape index (κ3) is 4.69. The van der Waals surface area contributed by atoms with Crippen molar-refractivity contribution in [1.29, 1.82) is 0 Å². The summed E-state index contributed by atoms with van der Waals surface area (Å²) >= 11 is 0. The van der Waals surface area contributed by atoms with Crippen molar-refractivity contribution in [1.82, 2.24) is 20.2 Å². The standard InChI is InChI=1S/C38H34F5N5O2/c1-2-25-27(40)7-4-21-12-24(49)13-26(28(21)25)29-31(41)32(42)30-34(33(29)43)44-36(50-19-37-9-3-11-48(37)16-20(14-37)15-39)45-35(30)47-17-23-8-10-38(18-47,46-23)22-5-6-22/h1,4,7,12-13,15,22-23,46,49H,3,5-6,8-11,14,16-19H2/b20-15-/t23-,37-,38+/m0/s1. The number of phenols is 1. The van der Waals surface area contributed by atoms with E-state index < -0.39 is 45.3 Å². The molecule has 2 bridgehead atoms. The van der Waals surface area contributed by atoms with Crippen molar-refractivity contribution in [3.63, 3.8) is 0 Å². The fourth-order valence-electron chi connectivity index (χ4n) is 9.33. The monoisotopic (exact) mass is 687 g/mol. The van der Waals surface area contributed by atoms with Crippen LogP contribution in [0, 0.1) is 41.5 Å². The summed E-state index contributed by atoms with van der Waals surface area (Å²) in [5, 5.41) is 14.0. The Morgan fingerprint density at radius 2 is 1.90 bits per heavy atom. The zero-order valence-corrected chi connectivity index (χ0v) is 27.1. The molecule has 5 aliphatic rings. The summed E-state index contributed by atoms with van der Waals surface area (Å²) in [6, 6.07) is 4.60. The fourth-order valence-corrected chi connectivity index (χ4v) is 9.33. The lowest BCUT2D eigenvalue weighted by Crippen LogP contribution is -2.61. The van der Waals surface area contributed by atoms with Gasteiger partial charge in [0.15, 0.2) is 17.5 Å². The maximum Gasteiger partial charge on any atom is 0.319 e. The van der Waals surface area contributed by atoms with E-state index in [-0.39, 0.29) is 57.7 Å². The van der Waals surface area contributed by atoms with E-state index in [9.17, 15) is 13.9 Å². The van der Waals surface area contributed by atoms with Gasteiger partial charge in [-0.15, -0.1) is 6.42 Å². The smallest absolute Gasteiger partial charge is 0.319 e. The van der Waals surface area contributed by atoms with Crippen LogP contribution in [0.3, 0.4) is 0 Å². The number of rotatable bonds is 6. The van der Waals surface area contributed by atoms with E-state index in [2.05, 4.69) is 26.1 Å². The highest BCUT2D eigenvalue weighted by molar-refractivity contribution is 6.04. The first-order valence-corrected chi connectivity index (χ1v) is 17.1. The highest BCUT2D eigenvalue weighted by Gasteiger charge is 2.53. The number of ether oxygens (including phenoxy) is 1. The molecule has 1 aromatic heterocycles. The second-order valence-corrected chi connectivity index (χ2v) is 14.7. The van der Waals surface area contributed by atoms with Crippen LogP contribution in [0.4, 0.5) is 27.8 Å². The van der Waals surface area contributed by atoms with Crippen LogP contribution in [0.25, 0.3) is 32.8 Å². The zero-order valence-electron chi connectivity index (χ0n) is 27.1. The van der Waals surface area contributed by atoms with E-state index in [1.165, 1.54) is 12.1 Å². The molecule has 0 spiro atoms. The number of nitrogens with zero attached hydrogens (tertiary/aromatic N) is 4. The van der Waals surface area contributed by atoms with Crippen molar-refractivity contribution in [3.05, 3.63) is 65.0 Å². The second kappa shape index (κ2) is 11.3. The quantitative estimate of drug-likeness (QED) is 0.130. The number of aromatic hydroxyl groups is 1. The van der Waals surface area contributed by atoms with Crippen molar-refractivity contribution in [2.24, 2.45) is 5.92 Å². The van der Waals surface area contributed by atoms with Crippen molar-refractivity contribution in [2.75, 3.05) is 37.7 Å². The van der Waals surface area contributed by atoms with Gasteiger partial charge in [-0.05, 0) is 86.6 Å². The van der Waals surface area contributed by atoms with Gasteiger partial charge in [0, 0.05) is 42.2 Å². The lowest BCUT2D eigenvalue weighted by atomic mass is 9.90. The Bertz CT molecular complexity index is 2180. The average Bonchev–Trinajstić information content (AvgIpc) is 3.73. The van der Waals surface area contributed by atoms with Crippen LogP contribution < -0.4 is 15.0 Å². The maximum absolute atomic E-state index is 17.1. The molecule has 7 nitrogen and oxygen atoms in total. The van der Waals surface area contributed by atoms with Crippen molar-refractivity contribution >= 4 is 27.5 Å². The summed E-state index contributed by atoms with van der Waals surface area (Å²) < 4.78 is 85.0. The van der Waals surface area contributed by atoms with Gasteiger partial charge in [-0.1, -0.05) is 12.0 Å². The van der Waals surface area contributed by atoms with Gasteiger partial charge in [0.1, 0.15) is 29.5 Å². The number of terminal acetylenes is 1. The summed E-state index contributed by atoms with van der Waals surface area (Å²) in [4.78, 5) is 13.1. The predicted molar refractivity (Wildman–Crippen MR) is 179 cm³/mol. The van der Waals surface area contributed by atoms with Crippen LogP contribution in [0.5, 0.6) is 11.8 Å². The molecule has 2 N–H and O–H groups in total. The number of aromatic nitrogens is 2. The summed E-state index contributed by atoms with van der Waals surface area (Å²) in [6.45, 7) is 2.25. The molecule has 4 aliphatic heterocycles. The first-order valence-electron chi connectivity index (χ1n) is 17.1. The topological polar surface area (TPSA) is 73.8 Å². The summed E-state index contributed by atoms with van der Waals surface area (Å²) in [6.07, 6.45) is 12.4. The fraction of sp³-hybridized carbons (Fsp3) is 0.421. The van der Waals surface area contributed by atoms with Gasteiger partial charge in [0.25, 0.3) is 0 Å².